The average molecular weight is 338 g/mol. The van der Waals surface area contributed by atoms with E-state index in [1.165, 1.54) is 0 Å². The summed E-state index contributed by atoms with van der Waals surface area (Å²) in [5.41, 5.74) is 0. The highest BCUT2D eigenvalue weighted by atomic mass is 79.9. The summed E-state index contributed by atoms with van der Waals surface area (Å²) in [4.78, 5) is 14.2. The van der Waals surface area contributed by atoms with Crippen LogP contribution in [0, 0.1) is 11.8 Å². The highest BCUT2D eigenvalue weighted by Gasteiger charge is 2.42. The predicted octanol–water partition coefficient (Wildman–Crippen LogP) is 3.47. The molecule has 1 saturated carbocycles. The molecule has 1 amide bonds. The topological polar surface area (TPSA) is 29.5 Å². The number of carbonyl (C=O) groups excluding carboxylic acids is 1. The first-order valence-corrected chi connectivity index (χ1v) is 8.14. The number of hydrogen-bond donors (Lipinski definition) is 0. The molecule has 0 N–H and O–H groups in total. The van der Waals surface area contributed by atoms with Gasteiger partial charge in [-0.05, 0) is 30.5 Å². The van der Waals surface area contributed by atoms with Crippen molar-refractivity contribution in [2.24, 2.45) is 11.8 Å². The summed E-state index contributed by atoms with van der Waals surface area (Å²) in [7, 11) is 0. The molecule has 4 heteroatoms. The van der Waals surface area contributed by atoms with E-state index in [2.05, 4.69) is 22.9 Å². The lowest BCUT2D eigenvalue weighted by Crippen LogP contribution is -2.42. The molecule has 2 atom stereocenters. The second-order valence-corrected chi connectivity index (χ2v) is 6.84. The highest BCUT2D eigenvalue weighted by molar-refractivity contribution is 9.10. The van der Waals surface area contributed by atoms with Crippen LogP contribution in [0.15, 0.2) is 28.7 Å². The Hall–Kier alpha value is -1.03. The van der Waals surface area contributed by atoms with E-state index < -0.39 is 0 Å². The molecular weight excluding hydrogens is 318 g/mol. The van der Waals surface area contributed by atoms with Crippen LogP contribution in [0.3, 0.4) is 0 Å². The standard InChI is InChI=1S/C16H20BrNO2/c1-11-9-15(11)16(19)18-7-5-13(6-8-18)20-14-4-2-3-12(17)10-14/h2-4,10-11,13,15H,5-9H2,1H3/t11-,15-/m1/s1. The van der Waals surface area contributed by atoms with E-state index in [-0.39, 0.29) is 6.10 Å². The summed E-state index contributed by atoms with van der Waals surface area (Å²) in [5, 5.41) is 0. The molecule has 1 aromatic carbocycles. The fourth-order valence-corrected chi connectivity index (χ4v) is 3.21. The van der Waals surface area contributed by atoms with Crippen molar-refractivity contribution < 1.29 is 9.53 Å². The molecule has 1 aromatic rings. The van der Waals surface area contributed by atoms with Crippen molar-refractivity contribution in [3.05, 3.63) is 28.7 Å². The van der Waals surface area contributed by atoms with Gasteiger partial charge >= 0.3 is 0 Å². The van der Waals surface area contributed by atoms with Gasteiger partial charge < -0.3 is 9.64 Å². The first kappa shape index (κ1) is 13.9. The third-order valence-corrected chi connectivity index (χ3v) is 4.77. The molecule has 1 aliphatic heterocycles. The predicted molar refractivity (Wildman–Crippen MR) is 81.6 cm³/mol. The van der Waals surface area contributed by atoms with E-state index >= 15 is 0 Å². The third kappa shape index (κ3) is 3.17. The molecule has 2 fully saturated rings. The zero-order valence-electron chi connectivity index (χ0n) is 11.7. The number of ether oxygens (including phenoxy) is 1. The van der Waals surface area contributed by atoms with Crippen LogP contribution < -0.4 is 4.74 Å². The van der Waals surface area contributed by atoms with Gasteiger partial charge in [0.05, 0.1) is 0 Å². The second-order valence-electron chi connectivity index (χ2n) is 5.92. The molecule has 0 spiro atoms. The van der Waals surface area contributed by atoms with Gasteiger partial charge in [0.1, 0.15) is 11.9 Å². The maximum Gasteiger partial charge on any atom is 0.225 e. The largest absolute Gasteiger partial charge is 0.490 e. The van der Waals surface area contributed by atoms with E-state index in [1.807, 2.05) is 29.2 Å². The SMILES string of the molecule is C[C@@H]1C[C@H]1C(=O)N1CCC(Oc2cccc(Br)c2)CC1. The van der Waals surface area contributed by atoms with E-state index in [9.17, 15) is 4.79 Å². The number of nitrogens with zero attached hydrogens (tertiary/aromatic N) is 1. The van der Waals surface area contributed by atoms with Gasteiger partial charge in [-0.15, -0.1) is 0 Å². The minimum atomic E-state index is 0.227. The number of halogens is 1. The fourth-order valence-electron chi connectivity index (χ4n) is 2.83. The molecule has 2 aliphatic rings. The van der Waals surface area contributed by atoms with Crippen molar-refractivity contribution in [2.45, 2.75) is 32.3 Å². The van der Waals surface area contributed by atoms with Crippen molar-refractivity contribution >= 4 is 21.8 Å². The normalized spacial score (nSPS) is 26.4. The average Bonchev–Trinajstić information content (AvgIpc) is 3.16. The van der Waals surface area contributed by atoms with E-state index in [0.29, 0.717) is 17.7 Å². The van der Waals surface area contributed by atoms with Crippen LogP contribution >= 0.6 is 15.9 Å². The van der Waals surface area contributed by atoms with Crippen LogP contribution in [0.25, 0.3) is 0 Å². The number of carbonyl (C=O) groups is 1. The van der Waals surface area contributed by atoms with Crippen molar-refractivity contribution in [3.8, 4) is 5.75 Å². The van der Waals surface area contributed by atoms with Gasteiger partial charge in [-0.1, -0.05) is 28.9 Å². The Morgan fingerprint density at radius 1 is 1.35 bits per heavy atom. The fraction of sp³-hybridized carbons (Fsp3) is 0.562. The lowest BCUT2D eigenvalue weighted by molar-refractivity contribution is -0.134. The molecule has 1 aliphatic carbocycles. The summed E-state index contributed by atoms with van der Waals surface area (Å²) < 4.78 is 7.03. The number of piperidine rings is 1. The van der Waals surface area contributed by atoms with Crippen LogP contribution in [-0.4, -0.2) is 30.0 Å². The molecule has 1 saturated heterocycles. The van der Waals surface area contributed by atoms with Gasteiger partial charge in [-0.2, -0.15) is 0 Å². The highest BCUT2D eigenvalue weighted by Crippen LogP contribution is 2.39. The zero-order chi connectivity index (χ0) is 14.1. The first-order chi connectivity index (χ1) is 9.63. The molecule has 20 heavy (non-hydrogen) atoms. The number of hydrogen-bond acceptors (Lipinski definition) is 2. The van der Waals surface area contributed by atoms with E-state index in [1.54, 1.807) is 0 Å². The Bertz CT molecular complexity index is 497. The first-order valence-electron chi connectivity index (χ1n) is 7.34. The Balaban J connectivity index is 1.50. The van der Waals surface area contributed by atoms with Gasteiger partial charge in [0, 0.05) is 36.3 Å². The van der Waals surface area contributed by atoms with Crippen LogP contribution in [-0.2, 0) is 4.79 Å². The third-order valence-electron chi connectivity index (χ3n) is 4.28. The van der Waals surface area contributed by atoms with E-state index in [0.717, 1.165) is 42.6 Å². The summed E-state index contributed by atoms with van der Waals surface area (Å²) in [6.07, 6.45) is 3.16. The molecule has 1 heterocycles. The van der Waals surface area contributed by atoms with Crippen molar-refractivity contribution in [2.75, 3.05) is 13.1 Å². The molecule has 0 radical (unpaired) electrons. The van der Waals surface area contributed by atoms with Crippen LogP contribution in [0.2, 0.25) is 0 Å². The zero-order valence-corrected chi connectivity index (χ0v) is 13.3. The Labute approximate surface area is 128 Å². The molecule has 0 bridgehead atoms. The summed E-state index contributed by atoms with van der Waals surface area (Å²) in [6, 6.07) is 7.94. The number of rotatable bonds is 3. The Kier molecular flexibility index (Phi) is 4.01. The maximum atomic E-state index is 12.2. The summed E-state index contributed by atoms with van der Waals surface area (Å²) >= 11 is 3.45. The van der Waals surface area contributed by atoms with Gasteiger partial charge in [0.25, 0.3) is 0 Å². The van der Waals surface area contributed by atoms with Crippen LogP contribution in [0.1, 0.15) is 26.2 Å². The van der Waals surface area contributed by atoms with Crippen LogP contribution in [0.4, 0.5) is 0 Å². The molecular formula is C16H20BrNO2. The lowest BCUT2D eigenvalue weighted by Gasteiger charge is -2.32. The molecule has 3 nitrogen and oxygen atoms in total. The molecule has 0 aromatic heterocycles. The molecule has 108 valence electrons. The maximum absolute atomic E-state index is 12.2. The van der Waals surface area contributed by atoms with Gasteiger partial charge in [-0.25, -0.2) is 0 Å². The van der Waals surface area contributed by atoms with Gasteiger partial charge in [0.2, 0.25) is 5.91 Å². The number of benzene rings is 1. The molecule has 0 unspecified atom stereocenters. The molecule has 3 rings (SSSR count). The minimum Gasteiger partial charge on any atom is -0.490 e. The van der Waals surface area contributed by atoms with Gasteiger partial charge in [0.15, 0.2) is 0 Å². The van der Waals surface area contributed by atoms with Crippen LogP contribution in [0.5, 0.6) is 5.75 Å². The monoisotopic (exact) mass is 337 g/mol. The van der Waals surface area contributed by atoms with Gasteiger partial charge in [-0.3, -0.25) is 4.79 Å². The van der Waals surface area contributed by atoms with E-state index in [4.69, 9.17) is 4.74 Å². The summed E-state index contributed by atoms with van der Waals surface area (Å²) in [5.74, 6) is 2.16. The smallest absolute Gasteiger partial charge is 0.225 e. The number of likely N-dealkylation sites (tertiary alicyclic amines) is 1. The lowest BCUT2D eigenvalue weighted by atomic mass is 10.1. The summed E-state index contributed by atoms with van der Waals surface area (Å²) in [6.45, 7) is 3.83. The van der Waals surface area contributed by atoms with Crippen molar-refractivity contribution in [1.82, 2.24) is 4.90 Å². The Morgan fingerprint density at radius 3 is 2.65 bits per heavy atom. The minimum absolute atomic E-state index is 0.227. The quantitative estimate of drug-likeness (QED) is 0.845. The Morgan fingerprint density at radius 2 is 2.05 bits per heavy atom. The van der Waals surface area contributed by atoms with Crippen molar-refractivity contribution in [3.63, 3.8) is 0 Å². The number of amides is 1. The van der Waals surface area contributed by atoms with Crippen molar-refractivity contribution in [1.29, 1.82) is 0 Å². The second kappa shape index (κ2) is 5.76.